The number of rotatable bonds is 3. The Balaban J connectivity index is 3.93. The van der Waals surface area contributed by atoms with Crippen LogP contribution in [0.3, 0.4) is 0 Å². The van der Waals surface area contributed by atoms with Crippen LogP contribution in [0.1, 0.15) is 20.8 Å². The number of amides is 1. The zero-order chi connectivity index (χ0) is 9.02. The monoisotopic (exact) mass is 175 g/mol. The van der Waals surface area contributed by atoms with Crippen molar-refractivity contribution < 1.29 is 9.59 Å². The average Bonchev–Trinajstić information content (AvgIpc) is 1.84. The molecule has 0 spiro atoms. The van der Waals surface area contributed by atoms with Gasteiger partial charge in [0.1, 0.15) is 0 Å². The van der Waals surface area contributed by atoms with Crippen molar-refractivity contribution in [1.82, 2.24) is 5.32 Å². The molecular weight excluding hydrogens is 162 g/mol. The molecule has 0 aromatic heterocycles. The van der Waals surface area contributed by atoms with Crippen LogP contribution in [-0.2, 0) is 9.59 Å². The number of ketones is 1. The van der Waals surface area contributed by atoms with E-state index >= 15 is 0 Å². The van der Waals surface area contributed by atoms with Gasteiger partial charge in [-0.05, 0) is 13.8 Å². The fourth-order valence-electron chi connectivity index (χ4n) is 0.738. The molecule has 1 amide bonds. The van der Waals surface area contributed by atoms with Crippen molar-refractivity contribution >= 4 is 24.3 Å². The number of thiol groups is 1. The van der Waals surface area contributed by atoms with Gasteiger partial charge in [-0.3, -0.25) is 9.59 Å². The summed E-state index contributed by atoms with van der Waals surface area (Å²) < 4.78 is 0. The predicted molar refractivity (Wildman–Crippen MR) is 46.7 cm³/mol. The lowest BCUT2D eigenvalue weighted by Crippen LogP contribution is -2.40. The molecule has 2 unspecified atom stereocenters. The maximum atomic E-state index is 11.1. The number of nitrogens with one attached hydrogen (secondary N) is 1. The van der Waals surface area contributed by atoms with Crippen LogP contribution in [-0.4, -0.2) is 23.0 Å². The van der Waals surface area contributed by atoms with E-state index in [-0.39, 0.29) is 16.9 Å². The zero-order valence-corrected chi connectivity index (χ0v) is 7.81. The molecule has 0 heterocycles. The van der Waals surface area contributed by atoms with Crippen molar-refractivity contribution in [2.75, 3.05) is 0 Å². The van der Waals surface area contributed by atoms with Gasteiger partial charge < -0.3 is 5.32 Å². The molecule has 4 heteroatoms. The van der Waals surface area contributed by atoms with Crippen LogP contribution in [0.25, 0.3) is 0 Å². The van der Waals surface area contributed by atoms with Crippen molar-refractivity contribution in [1.29, 1.82) is 0 Å². The largest absolute Gasteiger partial charge is 0.347 e. The van der Waals surface area contributed by atoms with Crippen LogP contribution in [0.4, 0.5) is 0 Å². The molecular formula is C7H13NO2S. The van der Waals surface area contributed by atoms with Gasteiger partial charge in [0.25, 0.3) is 0 Å². The number of Topliss-reactive ketones (excluding diaryl/α,β-unsaturated/α-hetero) is 1. The molecule has 0 bridgehead atoms. The molecule has 64 valence electrons. The Kier molecular flexibility index (Phi) is 4.18. The van der Waals surface area contributed by atoms with E-state index < -0.39 is 6.04 Å². The zero-order valence-electron chi connectivity index (χ0n) is 6.92. The van der Waals surface area contributed by atoms with Gasteiger partial charge in [-0.1, -0.05) is 0 Å². The minimum Gasteiger partial charge on any atom is -0.347 e. The molecule has 0 fully saturated rings. The molecule has 3 nitrogen and oxygen atoms in total. The fourth-order valence-corrected chi connectivity index (χ4v) is 0.961. The summed E-state index contributed by atoms with van der Waals surface area (Å²) in [5.41, 5.74) is 0. The van der Waals surface area contributed by atoms with Gasteiger partial charge in [-0.15, -0.1) is 0 Å². The molecule has 0 aliphatic carbocycles. The van der Waals surface area contributed by atoms with Crippen molar-refractivity contribution in [2.24, 2.45) is 0 Å². The highest BCUT2D eigenvalue weighted by Gasteiger charge is 2.16. The summed E-state index contributed by atoms with van der Waals surface area (Å²) in [6.45, 7) is 4.72. The number of hydrogen-bond acceptors (Lipinski definition) is 3. The molecule has 1 N–H and O–H groups in total. The molecule has 0 aliphatic rings. The fraction of sp³-hybridized carbons (Fsp3) is 0.714. The molecule has 0 aromatic rings. The lowest BCUT2D eigenvalue weighted by atomic mass is 10.1. The number of carbonyl (C=O) groups is 2. The van der Waals surface area contributed by atoms with Crippen molar-refractivity contribution in [3.63, 3.8) is 0 Å². The molecule has 0 saturated carbocycles. The first kappa shape index (κ1) is 10.5. The Morgan fingerprint density at radius 1 is 1.36 bits per heavy atom. The second kappa shape index (κ2) is 4.38. The first-order chi connectivity index (χ1) is 4.95. The van der Waals surface area contributed by atoms with E-state index in [1.807, 2.05) is 0 Å². The molecule has 0 rings (SSSR count). The van der Waals surface area contributed by atoms with Gasteiger partial charge in [0.2, 0.25) is 5.91 Å². The van der Waals surface area contributed by atoms with Gasteiger partial charge in [0.15, 0.2) is 5.78 Å². The summed E-state index contributed by atoms with van der Waals surface area (Å²) >= 11 is 3.95. The number of carbonyl (C=O) groups excluding carboxylic acids is 2. The third-order valence-electron chi connectivity index (χ3n) is 1.26. The SMILES string of the molecule is CC(=O)NC(C)C(=O)C(C)S. The normalized spacial score (nSPS) is 15.3. The van der Waals surface area contributed by atoms with Crippen molar-refractivity contribution in [3.05, 3.63) is 0 Å². The van der Waals surface area contributed by atoms with Crippen molar-refractivity contribution in [2.45, 2.75) is 32.1 Å². The molecule has 0 saturated heterocycles. The summed E-state index contributed by atoms with van der Waals surface area (Å²) in [6.07, 6.45) is 0. The van der Waals surface area contributed by atoms with Crippen LogP contribution in [0.5, 0.6) is 0 Å². The lowest BCUT2D eigenvalue weighted by Gasteiger charge is -2.12. The van der Waals surface area contributed by atoms with Crippen LogP contribution in [0.15, 0.2) is 0 Å². The third kappa shape index (κ3) is 4.03. The van der Waals surface area contributed by atoms with E-state index in [9.17, 15) is 9.59 Å². The molecule has 0 aromatic carbocycles. The highest BCUT2D eigenvalue weighted by Crippen LogP contribution is 1.98. The van der Waals surface area contributed by atoms with Crippen LogP contribution < -0.4 is 5.32 Å². The topological polar surface area (TPSA) is 46.2 Å². The third-order valence-corrected chi connectivity index (χ3v) is 1.51. The summed E-state index contributed by atoms with van der Waals surface area (Å²) in [4.78, 5) is 21.6. The Labute approximate surface area is 72.0 Å². The van der Waals surface area contributed by atoms with Gasteiger partial charge >= 0.3 is 0 Å². The minimum atomic E-state index is -0.431. The van der Waals surface area contributed by atoms with E-state index in [0.717, 1.165) is 0 Å². The Morgan fingerprint density at radius 3 is 2.09 bits per heavy atom. The quantitative estimate of drug-likeness (QED) is 0.610. The van der Waals surface area contributed by atoms with E-state index in [2.05, 4.69) is 17.9 Å². The van der Waals surface area contributed by atoms with Gasteiger partial charge in [-0.25, -0.2) is 0 Å². The minimum absolute atomic E-state index is 0.0662. The van der Waals surface area contributed by atoms with Crippen LogP contribution in [0, 0.1) is 0 Å². The summed E-state index contributed by atoms with van der Waals surface area (Å²) in [5.74, 6) is -0.261. The Hall–Kier alpha value is -0.510. The Morgan fingerprint density at radius 2 is 1.82 bits per heavy atom. The first-order valence-corrected chi connectivity index (χ1v) is 3.95. The van der Waals surface area contributed by atoms with Crippen LogP contribution >= 0.6 is 12.6 Å². The maximum Gasteiger partial charge on any atom is 0.217 e. The molecule has 2 atom stereocenters. The molecule has 11 heavy (non-hydrogen) atoms. The van der Waals surface area contributed by atoms with Crippen molar-refractivity contribution in [3.8, 4) is 0 Å². The second-order valence-electron chi connectivity index (χ2n) is 2.50. The average molecular weight is 175 g/mol. The van der Waals surface area contributed by atoms with E-state index in [4.69, 9.17) is 0 Å². The van der Waals surface area contributed by atoms with E-state index in [1.165, 1.54) is 6.92 Å². The van der Waals surface area contributed by atoms with Gasteiger partial charge in [-0.2, -0.15) is 12.6 Å². The Bertz CT molecular complexity index is 168. The van der Waals surface area contributed by atoms with Crippen LogP contribution in [0.2, 0.25) is 0 Å². The second-order valence-corrected chi connectivity index (χ2v) is 3.28. The maximum absolute atomic E-state index is 11.1. The molecule has 0 radical (unpaired) electrons. The molecule has 0 aliphatic heterocycles. The highest BCUT2D eigenvalue weighted by atomic mass is 32.1. The van der Waals surface area contributed by atoms with E-state index in [0.29, 0.717) is 0 Å². The number of hydrogen-bond donors (Lipinski definition) is 2. The van der Waals surface area contributed by atoms with E-state index in [1.54, 1.807) is 13.8 Å². The summed E-state index contributed by atoms with van der Waals surface area (Å²) in [6, 6.07) is -0.431. The van der Waals surface area contributed by atoms with Gasteiger partial charge in [0, 0.05) is 6.92 Å². The smallest absolute Gasteiger partial charge is 0.217 e. The van der Waals surface area contributed by atoms with Gasteiger partial charge in [0.05, 0.1) is 11.3 Å². The highest BCUT2D eigenvalue weighted by molar-refractivity contribution is 7.81. The standard InChI is InChI=1S/C7H13NO2S/c1-4(8-6(3)9)7(10)5(2)11/h4-5,11H,1-3H3,(H,8,9). The summed E-state index contributed by atoms with van der Waals surface area (Å²) in [5, 5.41) is 2.16. The lowest BCUT2D eigenvalue weighted by molar-refractivity contribution is -0.125. The summed E-state index contributed by atoms with van der Waals surface area (Å²) in [7, 11) is 0. The first-order valence-electron chi connectivity index (χ1n) is 3.44. The predicted octanol–water partition coefficient (Wildman–Crippen LogP) is 0.398.